The maximum absolute atomic E-state index is 14.7. The molecule has 0 aliphatic carbocycles. The minimum Gasteiger partial charge on any atom is -0.381 e. The molecular formula is C29H27F2N7O3. The fraction of sp³-hybridized carbons (Fsp3) is 0.207. The molecule has 3 aromatic carbocycles. The lowest BCUT2D eigenvalue weighted by Crippen LogP contribution is -2.41. The Morgan fingerprint density at radius 1 is 0.976 bits per heavy atom. The zero-order valence-corrected chi connectivity index (χ0v) is 22.1. The number of hydrogen-bond acceptors (Lipinski definition) is 6. The maximum Gasteiger partial charge on any atom is 0.350 e. The number of aliphatic hydroxyl groups is 1. The van der Waals surface area contributed by atoms with Gasteiger partial charge in [-0.15, -0.1) is 0 Å². The first-order chi connectivity index (χ1) is 19.8. The molecule has 0 radical (unpaired) electrons. The summed E-state index contributed by atoms with van der Waals surface area (Å²) in [5, 5.41) is 22.4. The summed E-state index contributed by atoms with van der Waals surface area (Å²) in [4.78, 5) is 29.7. The van der Waals surface area contributed by atoms with E-state index in [1.165, 1.54) is 33.8 Å². The van der Waals surface area contributed by atoms with Crippen molar-refractivity contribution < 1.29 is 18.7 Å². The fourth-order valence-corrected chi connectivity index (χ4v) is 4.56. The number of hydrogen-bond donors (Lipinski definition) is 2. The highest BCUT2D eigenvalue weighted by Crippen LogP contribution is 2.28. The Bertz CT molecular complexity index is 1700. The second kappa shape index (κ2) is 11.6. The number of amides is 1. The molecule has 1 unspecified atom stereocenters. The van der Waals surface area contributed by atoms with Crippen LogP contribution in [0.2, 0.25) is 0 Å². The molecule has 0 aliphatic heterocycles. The molecule has 1 amide bonds. The third-order valence-corrected chi connectivity index (χ3v) is 6.63. The minimum absolute atomic E-state index is 0.226. The summed E-state index contributed by atoms with van der Waals surface area (Å²) in [5.41, 5.74) is -0.162. The van der Waals surface area contributed by atoms with Crippen LogP contribution in [0.4, 0.5) is 14.5 Å². The smallest absolute Gasteiger partial charge is 0.350 e. The number of aromatic nitrogens is 6. The molecule has 0 bridgehead atoms. The molecule has 5 aromatic rings. The van der Waals surface area contributed by atoms with E-state index in [1.54, 1.807) is 36.4 Å². The Kier molecular flexibility index (Phi) is 7.83. The first-order valence-electron chi connectivity index (χ1n) is 12.9. The van der Waals surface area contributed by atoms with Gasteiger partial charge in [0.05, 0.1) is 18.8 Å². The molecule has 5 rings (SSSR count). The fourth-order valence-electron chi connectivity index (χ4n) is 4.56. The van der Waals surface area contributed by atoms with Gasteiger partial charge >= 0.3 is 5.69 Å². The van der Waals surface area contributed by atoms with Gasteiger partial charge in [-0.3, -0.25) is 4.79 Å². The molecule has 0 aliphatic rings. The first-order valence-corrected chi connectivity index (χ1v) is 12.9. The van der Waals surface area contributed by atoms with Gasteiger partial charge < -0.3 is 10.4 Å². The summed E-state index contributed by atoms with van der Waals surface area (Å²) in [7, 11) is 0. The monoisotopic (exact) mass is 559 g/mol. The van der Waals surface area contributed by atoms with Crippen LogP contribution in [0, 0.1) is 11.6 Å². The van der Waals surface area contributed by atoms with Gasteiger partial charge in [-0.1, -0.05) is 31.5 Å². The first kappa shape index (κ1) is 27.6. The van der Waals surface area contributed by atoms with Crippen molar-refractivity contribution in [3.63, 3.8) is 0 Å². The van der Waals surface area contributed by atoms with Gasteiger partial charge in [-0.2, -0.15) is 10.2 Å². The molecule has 41 heavy (non-hydrogen) atoms. The predicted octanol–water partition coefficient (Wildman–Crippen LogP) is 3.70. The van der Waals surface area contributed by atoms with Crippen molar-refractivity contribution in [1.29, 1.82) is 0 Å². The largest absolute Gasteiger partial charge is 0.381 e. The molecule has 0 saturated heterocycles. The van der Waals surface area contributed by atoms with E-state index in [0.29, 0.717) is 23.0 Å². The van der Waals surface area contributed by atoms with E-state index in [0.717, 1.165) is 29.7 Å². The number of benzene rings is 3. The Morgan fingerprint density at radius 3 is 2.39 bits per heavy atom. The molecule has 10 nitrogen and oxygen atoms in total. The Labute approximate surface area is 233 Å². The topological polar surface area (TPSA) is 120 Å². The molecular weight excluding hydrogens is 532 g/mol. The van der Waals surface area contributed by atoms with Crippen LogP contribution >= 0.6 is 0 Å². The van der Waals surface area contributed by atoms with Crippen LogP contribution in [0.5, 0.6) is 0 Å². The molecule has 12 heteroatoms. The van der Waals surface area contributed by atoms with E-state index in [-0.39, 0.29) is 18.0 Å². The summed E-state index contributed by atoms with van der Waals surface area (Å²) >= 11 is 0. The van der Waals surface area contributed by atoms with E-state index < -0.39 is 29.5 Å². The molecule has 0 saturated carbocycles. The summed E-state index contributed by atoms with van der Waals surface area (Å²) in [6.07, 6.45) is 5.82. The number of nitrogens with zero attached hydrogens (tertiary/aromatic N) is 6. The lowest BCUT2D eigenvalue weighted by Gasteiger charge is -2.28. The number of carbonyl (C=O) groups excluding carboxylic acids is 1. The van der Waals surface area contributed by atoms with Gasteiger partial charge in [0.1, 0.15) is 36.2 Å². The predicted molar refractivity (Wildman–Crippen MR) is 146 cm³/mol. The van der Waals surface area contributed by atoms with Crippen molar-refractivity contribution in [2.75, 3.05) is 5.32 Å². The van der Waals surface area contributed by atoms with Gasteiger partial charge in [0.15, 0.2) is 0 Å². The van der Waals surface area contributed by atoms with Crippen LogP contribution in [0.1, 0.15) is 34.8 Å². The molecule has 2 aromatic heterocycles. The lowest BCUT2D eigenvalue weighted by atomic mass is 9.93. The summed E-state index contributed by atoms with van der Waals surface area (Å²) in [5.74, 6) is -2.04. The normalized spacial score (nSPS) is 12.7. The Morgan fingerprint density at radius 2 is 1.73 bits per heavy atom. The zero-order valence-electron chi connectivity index (χ0n) is 22.1. The summed E-state index contributed by atoms with van der Waals surface area (Å²) in [6.45, 7) is 1.37. The van der Waals surface area contributed by atoms with Crippen LogP contribution < -0.4 is 11.0 Å². The average Bonchev–Trinajstić information content (AvgIpc) is 3.59. The van der Waals surface area contributed by atoms with E-state index >= 15 is 0 Å². The highest BCUT2D eigenvalue weighted by atomic mass is 19.1. The minimum atomic E-state index is -2.02. The van der Waals surface area contributed by atoms with Gasteiger partial charge in [0, 0.05) is 22.9 Å². The van der Waals surface area contributed by atoms with E-state index in [1.807, 2.05) is 12.1 Å². The number of halogens is 2. The van der Waals surface area contributed by atoms with Crippen molar-refractivity contribution in [3.05, 3.63) is 125 Å². The molecule has 2 heterocycles. The van der Waals surface area contributed by atoms with Crippen LogP contribution in [-0.2, 0) is 25.1 Å². The number of carbonyl (C=O) groups is 1. The van der Waals surface area contributed by atoms with Gasteiger partial charge in [-0.05, 0) is 54.4 Å². The van der Waals surface area contributed by atoms with Crippen molar-refractivity contribution >= 4 is 11.6 Å². The Hall–Kier alpha value is -4.97. The SMILES string of the molecule is CCCc1ccc(C(=O)Nc2ccc(-n3cnn(CC(O)(Cn4cncn4)c4ccc(F)cc4F)c3=O)cc2)cc1. The highest BCUT2D eigenvalue weighted by molar-refractivity contribution is 6.04. The maximum atomic E-state index is 14.7. The van der Waals surface area contributed by atoms with Gasteiger partial charge in [0.2, 0.25) is 0 Å². The van der Waals surface area contributed by atoms with Crippen molar-refractivity contribution in [1.82, 2.24) is 29.1 Å². The quantitative estimate of drug-likeness (QED) is 0.269. The third kappa shape index (κ3) is 6.12. The summed E-state index contributed by atoms with van der Waals surface area (Å²) in [6, 6.07) is 16.8. The second-order valence-corrected chi connectivity index (χ2v) is 9.64. The number of rotatable bonds is 10. The molecule has 0 fully saturated rings. The van der Waals surface area contributed by atoms with E-state index in [9.17, 15) is 23.5 Å². The number of anilines is 1. The zero-order chi connectivity index (χ0) is 29.0. The van der Waals surface area contributed by atoms with Gasteiger partial charge in [0.25, 0.3) is 5.91 Å². The molecule has 2 N–H and O–H groups in total. The lowest BCUT2D eigenvalue weighted by molar-refractivity contribution is -0.00948. The Balaban J connectivity index is 1.35. The van der Waals surface area contributed by atoms with Gasteiger partial charge in [-0.25, -0.2) is 32.5 Å². The van der Waals surface area contributed by atoms with E-state index in [2.05, 4.69) is 27.4 Å². The molecule has 210 valence electrons. The van der Waals surface area contributed by atoms with Crippen LogP contribution in [0.25, 0.3) is 5.69 Å². The molecule has 1 atom stereocenters. The highest BCUT2D eigenvalue weighted by Gasteiger charge is 2.35. The standard InChI is InChI=1S/C29H27F2N7O3/c1-2-3-20-4-6-21(7-5-20)27(39)35-23-9-11-24(12-10-23)37-19-34-38(28(37)40)16-29(41,15-36-18-32-17-33-36)25-13-8-22(30)14-26(25)31/h4-14,17-19,41H,2-3,15-16H2,1H3,(H,35,39). The average molecular weight is 560 g/mol. The van der Waals surface area contributed by atoms with Crippen LogP contribution in [0.15, 0.2) is 90.5 Å². The van der Waals surface area contributed by atoms with Crippen LogP contribution in [-0.4, -0.2) is 40.1 Å². The number of aryl methyl sites for hydroxylation is 1. The molecule has 0 spiro atoms. The van der Waals surface area contributed by atoms with Crippen molar-refractivity contribution in [2.45, 2.75) is 38.5 Å². The van der Waals surface area contributed by atoms with Crippen molar-refractivity contribution in [2.24, 2.45) is 0 Å². The number of nitrogens with one attached hydrogen (secondary N) is 1. The van der Waals surface area contributed by atoms with Crippen LogP contribution in [0.3, 0.4) is 0 Å². The van der Waals surface area contributed by atoms with E-state index in [4.69, 9.17) is 0 Å². The second-order valence-electron chi connectivity index (χ2n) is 9.64. The van der Waals surface area contributed by atoms with Crippen molar-refractivity contribution in [3.8, 4) is 5.69 Å². The third-order valence-electron chi connectivity index (χ3n) is 6.63. The summed E-state index contributed by atoms with van der Waals surface area (Å²) < 4.78 is 31.8.